The van der Waals surface area contributed by atoms with Gasteiger partial charge in [0.2, 0.25) is 6.17 Å². The van der Waals surface area contributed by atoms with Crippen molar-refractivity contribution in [2.24, 2.45) is 4.99 Å². The summed E-state index contributed by atoms with van der Waals surface area (Å²) in [7, 11) is 1.64. The van der Waals surface area contributed by atoms with Crippen LogP contribution in [-0.2, 0) is 9.53 Å². The van der Waals surface area contributed by atoms with Crippen molar-refractivity contribution < 1.29 is 13.9 Å². The van der Waals surface area contributed by atoms with E-state index in [1.807, 2.05) is 61.5 Å². The van der Waals surface area contributed by atoms with E-state index in [0.29, 0.717) is 30.2 Å². The number of nitrogens with one attached hydrogen (secondary N) is 3. The number of carbonyl (C=O) groups excluding carboxylic acids is 1. The summed E-state index contributed by atoms with van der Waals surface area (Å²) >= 11 is 1.49. The number of hydrogen-bond acceptors (Lipinski definition) is 10. The zero-order chi connectivity index (χ0) is 24.2. The number of benzodiazepines with no additional fused rings is 1. The third kappa shape index (κ3) is 4.91. The van der Waals surface area contributed by atoms with Gasteiger partial charge in [-0.25, -0.2) is 9.98 Å². The number of amides is 1. The van der Waals surface area contributed by atoms with Gasteiger partial charge in [-0.3, -0.25) is 4.79 Å². The van der Waals surface area contributed by atoms with Crippen LogP contribution < -0.4 is 16.0 Å². The Morgan fingerprint density at radius 2 is 1.91 bits per heavy atom. The van der Waals surface area contributed by atoms with E-state index in [2.05, 4.69) is 31.1 Å². The molecular formula is C24H23N7O3S. The highest BCUT2D eigenvalue weighted by molar-refractivity contribution is 7.16. The topological polar surface area (TPSA) is 127 Å². The van der Waals surface area contributed by atoms with Gasteiger partial charge in [-0.15, -0.1) is 16.4 Å². The van der Waals surface area contributed by atoms with E-state index in [1.54, 1.807) is 7.11 Å². The number of hydrogen-bond donors (Lipinski definition) is 3. The summed E-state index contributed by atoms with van der Waals surface area (Å²) in [5.41, 5.74) is 3.62. The first-order chi connectivity index (χ1) is 17.1. The smallest absolute Gasteiger partial charge is 0.317 e. The maximum atomic E-state index is 13.0. The second-order valence-corrected chi connectivity index (χ2v) is 8.87. The lowest BCUT2D eigenvalue weighted by Crippen LogP contribution is -2.32. The third-order valence-corrected chi connectivity index (χ3v) is 6.14. The number of thiazole rings is 1. The van der Waals surface area contributed by atoms with Gasteiger partial charge in [0.25, 0.3) is 11.8 Å². The summed E-state index contributed by atoms with van der Waals surface area (Å²) in [5, 5.41) is 19.0. The van der Waals surface area contributed by atoms with Crippen molar-refractivity contribution >= 4 is 39.7 Å². The fourth-order valence-corrected chi connectivity index (χ4v) is 4.47. The summed E-state index contributed by atoms with van der Waals surface area (Å²) in [6.07, 6.45) is -0.984. The number of fused-ring (bicyclic) bond motifs is 1. The molecule has 4 aromatic rings. The molecule has 1 atom stereocenters. The van der Waals surface area contributed by atoms with Crippen LogP contribution in [0.15, 0.2) is 64.0 Å². The highest BCUT2D eigenvalue weighted by Crippen LogP contribution is 2.33. The maximum Gasteiger partial charge on any atom is 0.317 e. The number of benzene rings is 2. The Labute approximate surface area is 205 Å². The van der Waals surface area contributed by atoms with Crippen LogP contribution >= 0.6 is 11.3 Å². The molecule has 178 valence electrons. The number of nitrogens with zero attached hydrogens (tertiary/aromatic N) is 4. The molecule has 5 rings (SSSR count). The molecule has 2 aromatic carbocycles. The molecule has 0 saturated carbocycles. The first kappa shape index (κ1) is 22.7. The van der Waals surface area contributed by atoms with Crippen LogP contribution in [0.4, 0.5) is 16.7 Å². The number of carbonyl (C=O) groups is 1. The number of methoxy groups -OCH3 is 1. The zero-order valence-electron chi connectivity index (χ0n) is 19.1. The fraction of sp³-hybridized carbons (Fsp3) is 0.208. The molecule has 0 spiro atoms. The van der Waals surface area contributed by atoms with Gasteiger partial charge in [0.1, 0.15) is 5.00 Å². The number of rotatable bonds is 8. The van der Waals surface area contributed by atoms with Crippen LogP contribution in [0.3, 0.4) is 0 Å². The van der Waals surface area contributed by atoms with Gasteiger partial charge < -0.3 is 25.1 Å². The molecule has 3 N–H and O–H groups in total. The average molecular weight is 490 g/mol. The van der Waals surface area contributed by atoms with Crippen molar-refractivity contribution in [2.45, 2.75) is 13.1 Å². The summed E-state index contributed by atoms with van der Waals surface area (Å²) in [6.45, 7) is 3.07. The van der Waals surface area contributed by atoms with Gasteiger partial charge in [-0.05, 0) is 13.0 Å². The molecule has 1 aliphatic heterocycles. The largest absolute Gasteiger partial charge is 0.402 e. The minimum Gasteiger partial charge on any atom is -0.402 e. The van der Waals surface area contributed by atoms with E-state index in [0.717, 1.165) is 21.1 Å². The van der Waals surface area contributed by atoms with Crippen LogP contribution in [-0.4, -0.2) is 53.2 Å². The molecule has 1 unspecified atom stereocenters. The van der Waals surface area contributed by atoms with Crippen molar-refractivity contribution in [3.63, 3.8) is 0 Å². The predicted molar refractivity (Wildman–Crippen MR) is 135 cm³/mol. The van der Waals surface area contributed by atoms with E-state index >= 15 is 0 Å². The zero-order valence-corrected chi connectivity index (χ0v) is 19.9. The highest BCUT2D eigenvalue weighted by Gasteiger charge is 2.27. The first-order valence-electron chi connectivity index (χ1n) is 11.0. The van der Waals surface area contributed by atoms with Gasteiger partial charge in [0.15, 0.2) is 5.69 Å². The van der Waals surface area contributed by atoms with E-state index in [-0.39, 0.29) is 17.8 Å². The number of aryl methyl sites for hydroxylation is 1. The monoisotopic (exact) mass is 489 g/mol. The Kier molecular flexibility index (Phi) is 6.51. The van der Waals surface area contributed by atoms with E-state index < -0.39 is 6.17 Å². The molecule has 0 aliphatic carbocycles. The van der Waals surface area contributed by atoms with Crippen molar-refractivity contribution in [3.8, 4) is 11.6 Å². The second-order valence-electron chi connectivity index (χ2n) is 7.67. The molecule has 3 heterocycles. The van der Waals surface area contributed by atoms with Gasteiger partial charge in [-0.2, -0.15) is 0 Å². The van der Waals surface area contributed by atoms with Gasteiger partial charge in [0, 0.05) is 24.8 Å². The average Bonchev–Trinajstić information content (AvgIpc) is 3.45. The molecule has 0 bridgehead atoms. The first-order valence-corrected chi connectivity index (χ1v) is 11.8. The molecule has 0 fully saturated rings. The number of ether oxygens (including phenoxy) is 1. The maximum absolute atomic E-state index is 13.0. The molecule has 2 aromatic heterocycles. The van der Waals surface area contributed by atoms with Gasteiger partial charge >= 0.3 is 6.01 Å². The molecule has 10 nitrogen and oxygen atoms in total. The molecule has 0 saturated heterocycles. The minimum absolute atomic E-state index is 0.0655. The number of aromatic nitrogens is 3. The van der Waals surface area contributed by atoms with Crippen LogP contribution in [0.25, 0.3) is 11.6 Å². The number of para-hydroxylation sites is 1. The highest BCUT2D eigenvalue weighted by atomic mass is 32.1. The summed E-state index contributed by atoms with van der Waals surface area (Å²) in [5.74, 6) is -0.101. The minimum atomic E-state index is -0.984. The quantitative estimate of drug-likeness (QED) is 0.319. The van der Waals surface area contributed by atoms with Gasteiger partial charge in [0.05, 0.1) is 23.0 Å². The Balaban J connectivity index is 1.44. The lowest BCUT2D eigenvalue weighted by Gasteiger charge is -2.11. The number of aliphatic imine (C=N–C) groups is 1. The van der Waals surface area contributed by atoms with Crippen LogP contribution in [0.1, 0.15) is 16.1 Å². The molecule has 1 aliphatic rings. The van der Waals surface area contributed by atoms with Crippen LogP contribution in [0.2, 0.25) is 0 Å². The van der Waals surface area contributed by atoms with E-state index in [4.69, 9.17) is 14.1 Å². The Morgan fingerprint density at radius 3 is 2.74 bits per heavy atom. The van der Waals surface area contributed by atoms with Crippen molar-refractivity contribution in [1.82, 2.24) is 15.2 Å². The molecule has 0 radical (unpaired) electrons. The summed E-state index contributed by atoms with van der Waals surface area (Å²) < 4.78 is 10.9. The van der Waals surface area contributed by atoms with Crippen LogP contribution in [0.5, 0.6) is 0 Å². The van der Waals surface area contributed by atoms with Gasteiger partial charge in [-0.1, -0.05) is 53.6 Å². The van der Waals surface area contributed by atoms with Crippen LogP contribution in [0, 0.1) is 6.92 Å². The Morgan fingerprint density at radius 1 is 1.11 bits per heavy atom. The van der Waals surface area contributed by atoms with E-state index in [9.17, 15) is 4.79 Å². The van der Waals surface area contributed by atoms with E-state index in [1.165, 1.54) is 11.3 Å². The molecular weight excluding hydrogens is 466 g/mol. The third-order valence-electron chi connectivity index (χ3n) is 5.21. The molecule has 35 heavy (non-hydrogen) atoms. The molecule has 11 heteroatoms. The van der Waals surface area contributed by atoms with Crippen molar-refractivity contribution in [3.05, 3.63) is 70.7 Å². The fourth-order valence-electron chi connectivity index (χ4n) is 3.63. The normalized spacial score (nSPS) is 15.1. The SMILES string of the molecule is COCCNc1sc(C)nc1-c1nnc(NC2N=C(c3ccccc3)c3ccccc3NC2=O)o1. The second kappa shape index (κ2) is 10.0. The molecule has 1 amide bonds. The number of anilines is 3. The van der Waals surface area contributed by atoms with Crippen molar-refractivity contribution in [2.75, 3.05) is 36.2 Å². The summed E-state index contributed by atoms with van der Waals surface area (Å²) in [4.78, 5) is 22.3. The van der Waals surface area contributed by atoms with Crippen molar-refractivity contribution in [1.29, 1.82) is 0 Å². The Bertz CT molecular complexity index is 1370. The predicted octanol–water partition coefficient (Wildman–Crippen LogP) is 3.79. The lowest BCUT2D eigenvalue weighted by molar-refractivity contribution is -0.116. The Hall–Kier alpha value is -4.09. The lowest BCUT2D eigenvalue weighted by atomic mass is 10.0. The standard InChI is InChI=1S/C24H23N7O3S/c1-14-26-19(23(35-14)25-12-13-33-2)22-30-31-24(34-22)29-20-21(32)27-17-11-7-6-10-16(17)18(28-20)15-8-4-3-5-9-15/h3-11,20,25H,12-13H2,1-2H3,(H,27,32)(H,29,31). The summed E-state index contributed by atoms with van der Waals surface area (Å²) in [6, 6.07) is 17.3.